The highest BCUT2D eigenvalue weighted by molar-refractivity contribution is 5.72. The van der Waals surface area contributed by atoms with Gasteiger partial charge in [-0.05, 0) is 24.8 Å². The molecule has 1 aromatic rings. The molecule has 1 aliphatic rings. The molecule has 0 radical (unpaired) electrons. The minimum absolute atomic E-state index is 0.0472. The summed E-state index contributed by atoms with van der Waals surface area (Å²) in [5.74, 6) is 0. The average Bonchev–Trinajstić information content (AvgIpc) is 2.83. The van der Waals surface area contributed by atoms with Crippen molar-refractivity contribution in [3.8, 4) is 0 Å². The van der Waals surface area contributed by atoms with Crippen LogP contribution in [0.5, 0.6) is 0 Å². The number of benzene rings is 1. The monoisotopic (exact) mass is 271 g/mol. The Morgan fingerprint density at radius 1 is 1.45 bits per heavy atom. The molecule has 106 valence electrons. The lowest BCUT2D eigenvalue weighted by Crippen LogP contribution is -2.34. The van der Waals surface area contributed by atoms with E-state index in [2.05, 4.69) is 31.4 Å². The third-order valence-electron chi connectivity index (χ3n) is 3.54. The molecule has 0 bridgehead atoms. The number of carbonyl (C=O) groups excluding carboxylic acids is 1. The van der Waals surface area contributed by atoms with Crippen molar-refractivity contribution in [1.29, 1.82) is 0 Å². The van der Waals surface area contributed by atoms with E-state index in [0.717, 1.165) is 31.4 Å². The number of carbonyl (C=O) groups is 1. The number of unbranched alkanes of at least 4 members (excludes halogenated alkanes) is 1. The topological polar surface area (TPSA) is 29.5 Å². The van der Waals surface area contributed by atoms with Gasteiger partial charge in [0.05, 0.1) is 11.7 Å². The summed E-state index contributed by atoms with van der Waals surface area (Å²) < 4.78 is 5.21. The van der Waals surface area contributed by atoms with E-state index in [4.69, 9.17) is 4.74 Å². The second-order valence-corrected chi connectivity index (χ2v) is 5.02. The Kier molecular flexibility index (Phi) is 5.03. The number of cyclic esters (lactones) is 1. The van der Waals surface area contributed by atoms with Crippen LogP contribution in [-0.2, 0) is 11.2 Å². The van der Waals surface area contributed by atoms with Crippen molar-refractivity contribution >= 4 is 6.09 Å². The van der Waals surface area contributed by atoms with Crippen LogP contribution in [0.4, 0.5) is 4.79 Å². The number of amides is 1. The summed E-state index contributed by atoms with van der Waals surface area (Å²) in [5.41, 5.74) is 4.98. The Morgan fingerprint density at radius 2 is 2.20 bits per heavy atom. The third-order valence-corrected chi connectivity index (χ3v) is 3.54. The lowest BCUT2D eigenvalue weighted by atomic mass is 10.0. The van der Waals surface area contributed by atoms with Crippen LogP contribution < -0.4 is 0 Å². The van der Waals surface area contributed by atoms with E-state index in [-0.39, 0.29) is 12.1 Å². The molecule has 1 aliphatic heterocycles. The van der Waals surface area contributed by atoms with Crippen molar-refractivity contribution < 1.29 is 9.53 Å². The largest absolute Gasteiger partial charge is 0.447 e. The van der Waals surface area contributed by atoms with Gasteiger partial charge in [-0.3, -0.25) is 4.90 Å². The first-order chi connectivity index (χ1) is 9.76. The van der Waals surface area contributed by atoms with E-state index in [1.54, 1.807) is 4.90 Å². The molecule has 1 fully saturated rings. The molecule has 1 amide bonds. The molecule has 0 aliphatic carbocycles. The quantitative estimate of drug-likeness (QED) is 0.734. The van der Waals surface area contributed by atoms with Crippen LogP contribution in [0.1, 0.15) is 31.7 Å². The summed E-state index contributed by atoms with van der Waals surface area (Å²) in [6, 6.07) is 10.2. The number of ether oxygens (including phenoxy) is 1. The molecule has 3 heteroatoms. The standard InChI is InChI=1S/C17H21NO2/c1-3-5-11-15(4-2)18-16(13-20-17(18)19)12-14-9-7-6-8-10-14/h6-10,16H,2-3,5,11-13H2,1H3/t16-/m1/s1. The van der Waals surface area contributed by atoms with Crippen molar-refractivity contribution in [1.82, 2.24) is 4.90 Å². The van der Waals surface area contributed by atoms with Crippen molar-refractivity contribution in [2.75, 3.05) is 6.61 Å². The van der Waals surface area contributed by atoms with Gasteiger partial charge in [-0.15, -0.1) is 5.73 Å². The highest BCUT2D eigenvalue weighted by Crippen LogP contribution is 2.24. The van der Waals surface area contributed by atoms with Crippen LogP contribution in [0.2, 0.25) is 0 Å². The SMILES string of the molecule is C=C=C(CCCC)N1C(=O)OC[C@H]1Cc1ccccc1. The second-order valence-electron chi connectivity index (χ2n) is 5.02. The fraction of sp³-hybridized carbons (Fsp3) is 0.412. The summed E-state index contributed by atoms with van der Waals surface area (Å²) in [6.07, 6.45) is 3.45. The molecule has 20 heavy (non-hydrogen) atoms. The smallest absolute Gasteiger partial charge is 0.414 e. The Labute approximate surface area is 120 Å². The summed E-state index contributed by atoms with van der Waals surface area (Å²) in [4.78, 5) is 13.7. The van der Waals surface area contributed by atoms with Gasteiger partial charge in [-0.1, -0.05) is 50.3 Å². The van der Waals surface area contributed by atoms with Gasteiger partial charge in [0.2, 0.25) is 0 Å². The maximum Gasteiger partial charge on any atom is 0.414 e. The molecule has 1 aromatic carbocycles. The zero-order valence-electron chi connectivity index (χ0n) is 12.0. The normalized spacial score (nSPS) is 17.8. The number of nitrogens with zero attached hydrogens (tertiary/aromatic N) is 1. The van der Waals surface area contributed by atoms with Crippen LogP contribution in [0.25, 0.3) is 0 Å². The predicted molar refractivity (Wildman–Crippen MR) is 79.3 cm³/mol. The highest BCUT2D eigenvalue weighted by atomic mass is 16.6. The van der Waals surface area contributed by atoms with Gasteiger partial charge in [0, 0.05) is 0 Å². The Hall–Kier alpha value is -1.99. The van der Waals surface area contributed by atoms with Gasteiger partial charge in [0.15, 0.2) is 0 Å². The van der Waals surface area contributed by atoms with Crippen LogP contribution >= 0.6 is 0 Å². The molecule has 0 saturated carbocycles. The summed E-state index contributed by atoms with van der Waals surface area (Å²) in [6.45, 7) is 6.29. The molecular weight excluding hydrogens is 250 g/mol. The van der Waals surface area contributed by atoms with Crippen LogP contribution in [0.3, 0.4) is 0 Å². The highest BCUT2D eigenvalue weighted by Gasteiger charge is 2.35. The molecule has 2 rings (SSSR count). The minimum atomic E-state index is -0.270. The van der Waals surface area contributed by atoms with Gasteiger partial charge in [-0.25, -0.2) is 4.79 Å². The van der Waals surface area contributed by atoms with Crippen molar-refractivity contribution in [3.05, 3.63) is 53.9 Å². The Balaban J connectivity index is 2.12. The zero-order chi connectivity index (χ0) is 14.4. The molecule has 1 atom stereocenters. The number of allylic oxidation sites excluding steroid dienone is 1. The molecular formula is C17H21NO2. The van der Waals surface area contributed by atoms with Crippen LogP contribution in [-0.4, -0.2) is 23.6 Å². The molecule has 0 N–H and O–H groups in total. The first kappa shape index (κ1) is 14.4. The van der Waals surface area contributed by atoms with E-state index >= 15 is 0 Å². The molecule has 0 spiro atoms. The number of hydrogen-bond acceptors (Lipinski definition) is 2. The fourth-order valence-electron chi connectivity index (χ4n) is 2.47. The summed E-state index contributed by atoms with van der Waals surface area (Å²) in [7, 11) is 0. The number of rotatable bonds is 6. The molecule has 1 heterocycles. The fourth-order valence-corrected chi connectivity index (χ4v) is 2.47. The molecule has 0 aromatic heterocycles. The zero-order valence-corrected chi connectivity index (χ0v) is 12.0. The lowest BCUT2D eigenvalue weighted by Gasteiger charge is -2.23. The van der Waals surface area contributed by atoms with Crippen molar-refractivity contribution in [2.24, 2.45) is 0 Å². The maximum absolute atomic E-state index is 12.0. The molecule has 3 nitrogen and oxygen atoms in total. The third kappa shape index (κ3) is 3.31. The average molecular weight is 271 g/mol. The van der Waals surface area contributed by atoms with Crippen molar-refractivity contribution in [2.45, 2.75) is 38.6 Å². The van der Waals surface area contributed by atoms with Gasteiger partial charge in [-0.2, -0.15) is 0 Å². The van der Waals surface area contributed by atoms with E-state index in [1.165, 1.54) is 5.56 Å². The van der Waals surface area contributed by atoms with Gasteiger partial charge in [0.25, 0.3) is 0 Å². The second kappa shape index (κ2) is 6.97. The van der Waals surface area contributed by atoms with Gasteiger partial charge >= 0.3 is 6.09 Å². The first-order valence-electron chi connectivity index (χ1n) is 7.15. The first-order valence-corrected chi connectivity index (χ1v) is 7.15. The van der Waals surface area contributed by atoms with E-state index in [1.807, 2.05) is 18.2 Å². The summed E-state index contributed by atoms with van der Waals surface area (Å²) in [5, 5.41) is 0. The van der Waals surface area contributed by atoms with Crippen LogP contribution in [0, 0.1) is 0 Å². The summed E-state index contributed by atoms with van der Waals surface area (Å²) >= 11 is 0. The van der Waals surface area contributed by atoms with Crippen LogP contribution in [0.15, 0.2) is 48.3 Å². The van der Waals surface area contributed by atoms with E-state index in [9.17, 15) is 4.79 Å². The van der Waals surface area contributed by atoms with E-state index < -0.39 is 0 Å². The lowest BCUT2D eigenvalue weighted by molar-refractivity contribution is 0.163. The van der Waals surface area contributed by atoms with E-state index in [0.29, 0.717) is 6.61 Å². The van der Waals surface area contributed by atoms with Crippen molar-refractivity contribution in [3.63, 3.8) is 0 Å². The molecule has 0 unspecified atom stereocenters. The van der Waals surface area contributed by atoms with Gasteiger partial charge < -0.3 is 4.74 Å². The maximum atomic E-state index is 12.0. The minimum Gasteiger partial charge on any atom is -0.447 e. The Morgan fingerprint density at radius 3 is 2.85 bits per heavy atom. The molecule has 1 saturated heterocycles. The van der Waals surface area contributed by atoms with Gasteiger partial charge in [0.1, 0.15) is 6.61 Å². The predicted octanol–water partition coefficient (Wildman–Crippen LogP) is 3.91. The number of hydrogen-bond donors (Lipinski definition) is 0. The Bertz CT molecular complexity index is 503.